The number of benzene rings is 1. The number of anilines is 1. The number of hydrogen-bond acceptors (Lipinski definition) is 5. The Morgan fingerprint density at radius 1 is 1.25 bits per heavy atom. The van der Waals surface area contributed by atoms with E-state index < -0.39 is 5.54 Å². The van der Waals surface area contributed by atoms with Crippen molar-refractivity contribution < 1.29 is 19.1 Å². The largest absolute Gasteiger partial charge is 0.383 e. The highest BCUT2D eigenvalue weighted by atomic mass is 35.5. The lowest BCUT2D eigenvalue weighted by molar-refractivity contribution is -0.120. The second kappa shape index (κ2) is 10.0. The molecule has 0 aliphatic carbocycles. The van der Waals surface area contributed by atoms with E-state index in [0.29, 0.717) is 33.6 Å². The van der Waals surface area contributed by atoms with E-state index >= 15 is 0 Å². The Labute approximate surface area is 197 Å². The van der Waals surface area contributed by atoms with Crippen molar-refractivity contribution in [3.05, 3.63) is 50.7 Å². The molecule has 0 spiro atoms. The van der Waals surface area contributed by atoms with Gasteiger partial charge in [-0.1, -0.05) is 11.6 Å². The molecular weight excluding hydrogens is 450 g/mol. The number of amides is 3. The van der Waals surface area contributed by atoms with Crippen LogP contribution in [0.1, 0.15) is 52.3 Å². The van der Waals surface area contributed by atoms with Gasteiger partial charge in [0.15, 0.2) is 0 Å². The fraction of sp³-hybridized carbons (Fsp3) is 0.435. The zero-order valence-electron chi connectivity index (χ0n) is 18.7. The molecule has 9 heteroatoms. The minimum absolute atomic E-state index is 0.0258. The van der Waals surface area contributed by atoms with E-state index in [-0.39, 0.29) is 23.8 Å². The summed E-state index contributed by atoms with van der Waals surface area (Å²) in [6.45, 7) is 6.34. The van der Waals surface area contributed by atoms with Crippen LogP contribution < -0.4 is 10.6 Å². The molecule has 1 aromatic heterocycles. The SMILES string of the molecule is COC[C@@H]1CCCN1C(=O)c1ccc(NC(=O)C(C)(C)NC(=O)c2ccc(Cl)s2)cc1C. The highest BCUT2D eigenvalue weighted by molar-refractivity contribution is 7.18. The van der Waals surface area contributed by atoms with Crippen molar-refractivity contribution >= 4 is 46.3 Å². The fourth-order valence-electron chi connectivity index (χ4n) is 3.73. The van der Waals surface area contributed by atoms with Crippen LogP contribution in [-0.2, 0) is 9.53 Å². The maximum absolute atomic E-state index is 13.0. The molecule has 32 heavy (non-hydrogen) atoms. The van der Waals surface area contributed by atoms with Crippen molar-refractivity contribution in [2.24, 2.45) is 0 Å². The third-order valence-electron chi connectivity index (χ3n) is 5.50. The van der Waals surface area contributed by atoms with Crippen LogP contribution in [-0.4, -0.2) is 54.5 Å². The van der Waals surface area contributed by atoms with Crippen LogP contribution in [0.5, 0.6) is 0 Å². The predicted octanol–water partition coefficient (Wildman–Crippen LogP) is 4.11. The summed E-state index contributed by atoms with van der Waals surface area (Å²) >= 11 is 7.04. The summed E-state index contributed by atoms with van der Waals surface area (Å²) in [5.41, 5.74) is 0.776. The molecule has 1 atom stereocenters. The molecule has 2 aromatic rings. The molecule has 1 aromatic carbocycles. The van der Waals surface area contributed by atoms with Crippen LogP contribution in [0, 0.1) is 6.92 Å². The molecule has 0 unspecified atom stereocenters. The van der Waals surface area contributed by atoms with Crippen LogP contribution >= 0.6 is 22.9 Å². The Balaban J connectivity index is 1.67. The number of aryl methyl sites for hydroxylation is 1. The Morgan fingerprint density at radius 2 is 2.00 bits per heavy atom. The number of halogens is 1. The van der Waals surface area contributed by atoms with Gasteiger partial charge in [-0.05, 0) is 69.5 Å². The standard InChI is InChI=1S/C23H28ClN3O4S/c1-14-12-15(7-8-17(14)21(29)27-11-5-6-16(27)13-31-4)25-22(30)23(2,3)26-20(28)18-9-10-19(24)32-18/h7-10,12,16H,5-6,11,13H2,1-4H3,(H,25,30)(H,26,28)/t16-/m0/s1. The summed E-state index contributed by atoms with van der Waals surface area (Å²) in [6, 6.07) is 8.55. The number of ether oxygens (including phenoxy) is 1. The fourth-order valence-corrected chi connectivity index (χ4v) is 4.67. The first-order valence-corrected chi connectivity index (χ1v) is 11.6. The van der Waals surface area contributed by atoms with E-state index in [1.807, 2.05) is 11.8 Å². The predicted molar refractivity (Wildman–Crippen MR) is 127 cm³/mol. The summed E-state index contributed by atoms with van der Waals surface area (Å²) in [6.07, 6.45) is 1.90. The van der Waals surface area contributed by atoms with E-state index in [2.05, 4.69) is 10.6 Å². The number of nitrogens with zero attached hydrogens (tertiary/aromatic N) is 1. The van der Waals surface area contributed by atoms with Crippen molar-refractivity contribution in [2.75, 3.05) is 25.6 Å². The van der Waals surface area contributed by atoms with Gasteiger partial charge in [-0.15, -0.1) is 11.3 Å². The van der Waals surface area contributed by atoms with Crippen LogP contribution in [0.3, 0.4) is 0 Å². The molecule has 7 nitrogen and oxygen atoms in total. The second-order valence-electron chi connectivity index (χ2n) is 8.42. The van der Waals surface area contributed by atoms with E-state index in [4.69, 9.17) is 16.3 Å². The van der Waals surface area contributed by atoms with Crippen molar-refractivity contribution in [1.82, 2.24) is 10.2 Å². The lowest BCUT2D eigenvalue weighted by atomic mass is 10.0. The van der Waals surface area contributed by atoms with Gasteiger partial charge < -0.3 is 20.3 Å². The third-order valence-corrected chi connectivity index (χ3v) is 6.73. The highest BCUT2D eigenvalue weighted by Crippen LogP contribution is 2.25. The number of likely N-dealkylation sites (tertiary alicyclic amines) is 1. The van der Waals surface area contributed by atoms with Gasteiger partial charge in [0.2, 0.25) is 5.91 Å². The summed E-state index contributed by atoms with van der Waals surface area (Å²) in [5.74, 6) is -0.760. The molecule has 0 saturated carbocycles. The van der Waals surface area contributed by atoms with Crippen molar-refractivity contribution in [1.29, 1.82) is 0 Å². The molecule has 3 rings (SSSR count). The summed E-state index contributed by atoms with van der Waals surface area (Å²) in [7, 11) is 1.64. The molecule has 2 N–H and O–H groups in total. The monoisotopic (exact) mass is 477 g/mol. The van der Waals surface area contributed by atoms with E-state index in [0.717, 1.165) is 29.7 Å². The van der Waals surface area contributed by atoms with Crippen molar-refractivity contribution in [2.45, 2.75) is 45.2 Å². The zero-order chi connectivity index (χ0) is 23.5. The third kappa shape index (κ3) is 5.49. The van der Waals surface area contributed by atoms with Gasteiger partial charge in [0, 0.05) is 24.9 Å². The first kappa shape index (κ1) is 24.2. The van der Waals surface area contributed by atoms with Crippen LogP contribution in [0.4, 0.5) is 5.69 Å². The van der Waals surface area contributed by atoms with Gasteiger partial charge in [-0.25, -0.2) is 0 Å². The van der Waals surface area contributed by atoms with E-state index in [1.165, 1.54) is 0 Å². The summed E-state index contributed by atoms with van der Waals surface area (Å²) in [4.78, 5) is 40.6. The molecule has 1 fully saturated rings. The molecule has 0 bridgehead atoms. The van der Waals surface area contributed by atoms with Crippen LogP contribution in [0.15, 0.2) is 30.3 Å². The molecule has 3 amide bonds. The summed E-state index contributed by atoms with van der Waals surface area (Å²) in [5, 5.41) is 5.56. The number of carbonyl (C=O) groups excluding carboxylic acids is 3. The van der Waals surface area contributed by atoms with E-state index in [9.17, 15) is 14.4 Å². The van der Waals surface area contributed by atoms with Gasteiger partial charge in [-0.3, -0.25) is 14.4 Å². The first-order valence-electron chi connectivity index (χ1n) is 10.4. The quantitative estimate of drug-likeness (QED) is 0.628. The van der Waals surface area contributed by atoms with Crippen molar-refractivity contribution in [3.8, 4) is 0 Å². The number of hydrogen-bond donors (Lipinski definition) is 2. The number of thiophene rings is 1. The van der Waals surface area contributed by atoms with Gasteiger partial charge in [0.05, 0.1) is 21.9 Å². The second-order valence-corrected chi connectivity index (χ2v) is 10.1. The molecule has 1 aliphatic heterocycles. The van der Waals surface area contributed by atoms with Crippen LogP contribution in [0.2, 0.25) is 4.34 Å². The number of nitrogens with one attached hydrogen (secondary N) is 2. The summed E-state index contributed by atoms with van der Waals surface area (Å²) < 4.78 is 5.75. The van der Waals surface area contributed by atoms with E-state index in [1.54, 1.807) is 51.3 Å². The molecule has 2 heterocycles. The Kier molecular flexibility index (Phi) is 7.59. The maximum atomic E-state index is 13.0. The average molecular weight is 478 g/mol. The lowest BCUT2D eigenvalue weighted by Crippen LogP contribution is -2.52. The first-order chi connectivity index (χ1) is 15.1. The molecule has 1 saturated heterocycles. The van der Waals surface area contributed by atoms with Crippen molar-refractivity contribution in [3.63, 3.8) is 0 Å². The minimum Gasteiger partial charge on any atom is -0.383 e. The minimum atomic E-state index is -1.15. The number of carbonyl (C=O) groups is 3. The Bertz CT molecular complexity index is 1020. The smallest absolute Gasteiger partial charge is 0.262 e. The Hall–Kier alpha value is -2.42. The molecule has 0 radical (unpaired) electrons. The lowest BCUT2D eigenvalue weighted by Gasteiger charge is -2.26. The van der Waals surface area contributed by atoms with Crippen LogP contribution in [0.25, 0.3) is 0 Å². The topological polar surface area (TPSA) is 87.7 Å². The molecular formula is C23H28ClN3O4S. The van der Waals surface area contributed by atoms with Gasteiger partial charge >= 0.3 is 0 Å². The molecule has 172 valence electrons. The zero-order valence-corrected chi connectivity index (χ0v) is 20.2. The van der Waals surface area contributed by atoms with Gasteiger partial charge in [0.25, 0.3) is 11.8 Å². The Morgan fingerprint density at radius 3 is 2.62 bits per heavy atom. The average Bonchev–Trinajstić information content (AvgIpc) is 3.36. The number of methoxy groups -OCH3 is 1. The normalized spacial score (nSPS) is 16.2. The maximum Gasteiger partial charge on any atom is 0.262 e. The number of rotatable bonds is 7. The van der Waals surface area contributed by atoms with Gasteiger partial charge in [-0.2, -0.15) is 0 Å². The molecule has 1 aliphatic rings. The highest BCUT2D eigenvalue weighted by Gasteiger charge is 2.32. The van der Waals surface area contributed by atoms with Gasteiger partial charge in [0.1, 0.15) is 5.54 Å².